The minimum absolute atomic E-state index is 0.134. The number of hydrogen-bond acceptors (Lipinski definition) is 2. The van der Waals surface area contributed by atoms with Gasteiger partial charge in [0.25, 0.3) is 0 Å². The van der Waals surface area contributed by atoms with Crippen molar-refractivity contribution < 1.29 is 27.9 Å². The Balaban J connectivity index is 2.03. The number of hydrogen-bond donors (Lipinski definition) is 1. The molecule has 0 atom stereocenters. The van der Waals surface area contributed by atoms with E-state index in [1.807, 2.05) is 0 Å². The van der Waals surface area contributed by atoms with Gasteiger partial charge in [0, 0.05) is 19.0 Å². The molecule has 0 radical (unpaired) electrons. The number of amides is 1. The van der Waals surface area contributed by atoms with Gasteiger partial charge in [-0.3, -0.25) is 9.59 Å². The molecule has 0 spiro atoms. The van der Waals surface area contributed by atoms with E-state index < -0.39 is 30.4 Å². The molecule has 1 amide bonds. The lowest BCUT2D eigenvalue weighted by Crippen LogP contribution is -2.39. The fourth-order valence-corrected chi connectivity index (χ4v) is 3.18. The molecule has 1 fully saturated rings. The Morgan fingerprint density at radius 3 is 2.12 bits per heavy atom. The molecule has 0 aliphatic heterocycles. The molecule has 138 valence electrons. The lowest BCUT2D eigenvalue weighted by Gasteiger charge is -2.31. The van der Waals surface area contributed by atoms with Crippen LogP contribution in [-0.4, -0.2) is 34.6 Å². The van der Waals surface area contributed by atoms with Gasteiger partial charge in [0.1, 0.15) is 0 Å². The van der Waals surface area contributed by atoms with E-state index in [9.17, 15) is 22.8 Å². The number of alkyl halides is 3. The number of benzene rings is 1. The van der Waals surface area contributed by atoms with Crippen molar-refractivity contribution in [2.45, 2.75) is 44.8 Å². The smallest absolute Gasteiger partial charge is 0.390 e. The fraction of sp³-hybridized carbons (Fsp3) is 0.556. The maximum Gasteiger partial charge on any atom is 0.390 e. The summed E-state index contributed by atoms with van der Waals surface area (Å²) in [6, 6.07) is 8.91. The van der Waals surface area contributed by atoms with Crippen LogP contribution in [0.2, 0.25) is 0 Å². The second-order valence-corrected chi connectivity index (χ2v) is 6.50. The molecule has 0 unspecified atom stereocenters. The highest BCUT2D eigenvalue weighted by Gasteiger charge is 2.34. The van der Waals surface area contributed by atoms with Crippen LogP contribution in [0.5, 0.6) is 0 Å². The van der Waals surface area contributed by atoms with Gasteiger partial charge < -0.3 is 10.0 Å². The predicted octanol–water partition coefficient (Wildman–Crippen LogP) is 3.86. The minimum Gasteiger partial charge on any atom is -0.481 e. The first-order valence-electron chi connectivity index (χ1n) is 8.38. The van der Waals surface area contributed by atoms with Crippen LogP contribution in [0.1, 0.15) is 37.7 Å². The van der Waals surface area contributed by atoms with Crippen LogP contribution in [0.4, 0.5) is 13.2 Å². The van der Waals surface area contributed by atoms with E-state index in [1.54, 1.807) is 30.3 Å². The van der Waals surface area contributed by atoms with Gasteiger partial charge in [0.15, 0.2) is 0 Å². The highest BCUT2D eigenvalue weighted by Crippen LogP contribution is 2.31. The van der Waals surface area contributed by atoms with Crippen molar-refractivity contribution in [1.82, 2.24) is 4.90 Å². The summed E-state index contributed by atoms with van der Waals surface area (Å²) in [6.45, 7) is -0.245. The van der Waals surface area contributed by atoms with Crippen molar-refractivity contribution in [2.24, 2.45) is 11.8 Å². The van der Waals surface area contributed by atoms with E-state index in [4.69, 9.17) is 5.11 Å². The van der Waals surface area contributed by atoms with Crippen LogP contribution in [0, 0.1) is 11.8 Å². The summed E-state index contributed by atoms with van der Waals surface area (Å²) in [5, 5.41) is 9.02. The zero-order valence-corrected chi connectivity index (χ0v) is 13.8. The van der Waals surface area contributed by atoms with E-state index in [2.05, 4.69) is 0 Å². The number of carboxylic acid groups (broad SMARTS) is 1. The Bertz CT molecular complexity index is 581. The number of nitrogens with zero attached hydrogens (tertiary/aromatic N) is 1. The van der Waals surface area contributed by atoms with Crippen LogP contribution in [0.15, 0.2) is 30.3 Å². The number of carbonyl (C=O) groups excluding carboxylic acids is 1. The van der Waals surface area contributed by atoms with Crippen molar-refractivity contribution in [3.8, 4) is 0 Å². The summed E-state index contributed by atoms with van der Waals surface area (Å²) in [4.78, 5) is 25.0. The van der Waals surface area contributed by atoms with Gasteiger partial charge in [-0.15, -0.1) is 0 Å². The number of carboxylic acids is 1. The lowest BCUT2D eigenvalue weighted by atomic mass is 9.81. The largest absolute Gasteiger partial charge is 0.481 e. The number of halogens is 3. The standard InChI is InChI=1S/C18H22F3NO3/c19-18(20,21)10-11-22(12-13-4-2-1-3-5-13)16(23)14-6-8-15(9-7-14)17(24)25/h1-5,14-15H,6-12H2,(H,24,25). The van der Waals surface area contributed by atoms with Crippen LogP contribution >= 0.6 is 0 Å². The molecule has 1 saturated carbocycles. The monoisotopic (exact) mass is 357 g/mol. The molecule has 1 aliphatic carbocycles. The highest BCUT2D eigenvalue weighted by molar-refractivity contribution is 5.79. The number of rotatable bonds is 6. The SMILES string of the molecule is O=C(O)C1CCC(C(=O)N(CCC(F)(F)F)Cc2ccccc2)CC1. The van der Waals surface area contributed by atoms with Crippen LogP contribution in [0.25, 0.3) is 0 Å². The molecule has 0 heterocycles. The summed E-state index contributed by atoms with van der Waals surface area (Å²) in [5.74, 6) is -2.03. The second kappa shape index (κ2) is 8.36. The van der Waals surface area contributed by atoms with Crippen molar-refractivity contribution in [2.75, 3.05) is 6.54 Å². The average Bonchev–Trinajstić information content (AvgIpc) is 2.58. The van der Waals surface area contributed by atoms with E-state index in [1.165, 1.54) is 4.90 Å². The Morgan fingerprint density at radius 1 is 1.04 bits per heavy atom. The molecule has 2 rings (SSSR count). The molecule has 0 bridgehead atoms. The van der Waals surface area contributed by atoms with Gasteiger partial charge >= 0.3 is 12.1 Å². The second-order valence-electron chi connectivity index (χ2n) is 6.50. The summed E-state index contributed by atoms with van der Waals surface area (Å²) in [6.07, 6.45) is -3.76. The third kappa shape index (κ3) is 6.07. The van der Waals surface area contributed by atoms with Gasteiger partial charge in [-0.25, -0.2) is 0 Å². The molecule has 0 saturated heterocycles. The van der Waals surface area contributed by atoms with E-state index in [-0.39, 0.29) is 19.0 Å². The Hall–Kier alpha value is -2.05. The number of aliphatic carboxylic acids is 1. The van der Waals surface area contributed by atoms with Crippen molar-refractivity contribution in [1.29, 1.82) is 0 Å². The molecule has 4 nitrogen and oxygen atoms in total. The average molecular weight is 357 g/mol. The summed E-state index contributed by atoms with van der Waals surface area (Å²) in [5.41, 5.74) is 0.775. The van der Waals surface area contributed by atoms with Gasteiger partial charge in [0.05, 0.1) is 12.3 Å². The van der Waals surface area contributed by atoms with E-state index >= 15 is 0 Å². The lowest BCUT2D eigenvalue weighted by molar-refractivity contribution is -0.151. The van der Waals surface area contributed by atoms with Gasteiger partial charge in [-0.1, -0.05) is 30.3 Å². The maximum atomic E-state index is 12.7. The first-order valence-corrected chi connectivity index (χ1v) is 8.38. The number of carbonyl (C=O) groups is 2. The third-order valence-corrected chi connectivity index (χ3v) is 4.62. The summed E-state index contributed by atoms with van der Waals surface area (Å²) in [7, 11) is 0. The van der Waals surface area contributed by atoms with Crippen LogP contribution < -0.4 is 0 Å². The third-order valence-electron chi connectivity index (χ3n) is 4.62. The molecule has 25 heavy (non-hydrogen) atoms. The molecule has 1 aliphatic rings. The topological polar surface area (TPSA) is 57.6 Å². The van der Waals surface area contributed by atoms with Crippen molar-refractivity contribution in [3.63, 3.8) is 0 Å². The fourth-order valence-electron chi connectivity index (χ4n) is 3.18. The molecule has 1 N–H and O–H groups in total. The van der Waals surface area contributed by atoms with Gasteiger partial charge in [-0.05, 0) is 31.2 Å². The zero-order chi connectivity index (χ0) is 18.4. The summed E-state index contributed by atoms with van der Waals surface area (Å²) < 4.78 is 37.8. The minimum atomic E-state index is -4.32. The van der Waals surface area contributed by atoms with Gasteiger partial charge in [0.2, 0.25) is 5.91 Å². The molecule has 1 aromatic carbocycles. The molecule has 0 aromatic heterocycles. The predicted molar refractivity (Wildman–Crippen MR) is 85.6 cm³/mol. The van der Waals surface area contributed by atoms with E-state index in [0.29, 0.717) is 25.7 Å². The van der Waals surface area contributed by atoms with Crippen LogP contribution in [-0.2, 0) is 16.1 Å². The molecule has 1 aromatic rings. The van der Waals surface area contributed by atoms with Crippen molar-refractivity contribution >= 4 is 11.9 Å². The first kappa shape index (κ1) is 19.3. The Labute approximate surface area is 144 Å². The van der Waals surface area contributed by atoms with E-state index in [0.717, 1.165) is 5.56 Å². The molecule has 7 heteroatoms. The zero-order valence-electron chi connectivity index (χ0n) is 13.8. The highest BCUT2D eigenvalue weighted by atomic mass is 19.4. The Morgan fingerprint density at radius 2 is 1.60 bits per heavy atom. The van der Waals surface area contributed by atoms with Crippen LogP contribution in [0.3, 0.4) is 0 Å². The first-order chi connectivity index (χ1) is 11.8. The normalized spacial score (nSPS) is 20.9. The van der Waals surface area contributed by atoms with Gasteiger partial charge in [-0.2, -0.15) is 13.2 Å². The van der Waals surface area contributed by atoms with Crippen molar-refractivity contribution in [3.05, 3.63) is 35.9 Å². The maximum absolute atomic E-state index is 12.7. The summed E-state index contributed by atoms with van der Waals surface area (Å²) >= 11 is 0. The molecular formula is C18H22F3NO3. The molecular weight excluding hydrogens is 335 g/mol. The quantitative estimate of drug-likeness (QED) is 0.841. The Kier molecular flexibility index (Phi) is 6.45.